The fraction of sp³-hybridized carbons (Fsp3) is 0.421. The Bertz CT molecular complexity index is 1840. The minimum atomic E-state index is -4.08. The van der Waals surface area contributed by atoms with E-state index in [2.05, 4.69) is 15.6 Å². The standard InChI is InChI=1S/C38H51N7O7S/c1-5-27(4)35(45-19-18-43(38(45)48)24-30-12-9-13-31(20-30)36(39)42-50)37(47)41-33(21-28-10-7-6-8-11-28)34(46)25-44(23-26(2)3)53(51,52)32-16-14-29(15-17-32)22-40-49/h6-17,20,22,26-27,33-35,46,49-50H,5,18-19,21,23-25H2,1-4H3,(H2,39,42)(H,41,47)/t27-,33-,34+,35-/m0/s1. The van der Waals surface area contributed by atoms with E-state index in [9.17, 15) is 23.1 Å². The molecule has 4 rings (SSSR count). The molecule has 14 nitrogen and oxygen atoms in total. The van der Waals surface area contributed by atoms with Gasteiger partial charge in [0, 0.05) is 38.3 Å². The molecule has 0 unspecified atom stereocenters. The van der Waals surface area contributed by atoms with E-state index in [4.69, 9.17) is 16.1 Å². The first-order chi connectivity index (χ1) is 25.3. The van der Waals surface area contributed by atoms with Crippen molar-refractivity contribution in [2.24, 2.45) is 27.9 Å². The summed E-state index contributed by atoms with van der Waals surface area (Å²) in [5, 5.41) is 38.8. The fourth-order valence-electron chi connectivity index (χ4n) is 6.42. The Morgan fingerprint density at radius 1 is 0.981 bits per heavy atom. The fourth-order valence-corrected chi connectivity index (χ4v) is 8.04. The number of nitrogens with zero attached hydrogens (tertiary/aromatic N) is 5. The van der Waals surface area contributed by atoms with Gasteiger partial charge in [-0.15, -0.1) is 0 Å². The van der Waals surface area contributed by atoms with Crippen LogP contribution in [0.25, 0.3) is 0 Å². The average Bonchev–Trinajstić information content (AvgIpc) is 3.49. The Morgan fingerprint density at radius 2 is 1.66 bits per heavy atom. The van der Waals surface area contributed by atoms with Gasteiger partial charge in [-0.1, -0.05) is 105 Å². The highest BCUT2D eigenvalue weighted by Gasteiger charge is 2.41. The maximum Gasteiger partial charge on any atom is 0.321 e. The zero-order chi connectivity index (χ0) is 38.7. The van der Waals surface area contributed by atoms with Gasteiger partial charge in [0.2, 0.25) is 15.9 Å². The highest BCUT2D eigenvalue weighted by atomic mass is 32.2. The van der Waals surface area contributed by atoms with Gasteiger partial charge in [0.15, 0.2) is 5.84 Å². The van der Waals surface area contributed by atoms with Crippen LogP contribution < -0.4 is 11.1 Å². The Kier molecular flexibility index (Phi) is 14.4. The molecular formula is C38H51N7O7S. The second-order valence-electron chi connectivity index (χ2n) is 13.8. The van der Waals surface area contributed by atoms with Crippen LogP contribution in [0, 0.1) is 11.8 Å². The minimum absolute atomic E-state index is 0.00902. The molecule has 15 heteroatoms. The van der Waals surface area contributed by atoms with Crippen LogP contribution in [-0.4, -0.2) is 106 Å². The van der Waals surface area contributed by atoms with E-state index >= 15 is 0 Å². The summed E-state index contributed by atoms with van der Waals surface area (Å²) in [7, 11) is -4.08. The topological polar surface area (TPSA) is 201 Å². The summed E-state index contributed by atoms with van der Waals surface area (Å²) in [5.41, 5.74) is 8.39. The molecule has 0 radical (unpaired) electrons. The number of amides is 3. The average molecular weight is 750 g/mol. The summed E-state index contributed by atoms with van der Waals surface area (Å²) < 4.78 is 29.1. The van der Waals surface area contributed by atoms with Crippen LogP contribution in [-0.2, 0) is 27.8 Å². The SMILES string of the molecule is CC[C@H](C)[C@@H](C(=O)N[C@@H](Cc1ccccc1)[C@H](O)CN(CC(C)C)S(=O)(=O)c1ccc(C=NO)cc1)N1CCN(Cc2cccc(C(N)=NO)c2)C1=O. The molecule has 0 aliphatic carbocycles. The van der Waals surface area contributed by atoms with Crippen molar-refractivity contribution in [3.63, 3.8) is 0 Å². The number of urea groups is 1. The van der Waals surface area contributed by atoms with Gasteiger partial charge in [0.25, 0.3) is 0 Å². The molecule has 53 heavy (non-hydrogen) atoms. The number of nitrogens with one attached hydrogen (secondary N) is 1. The molecule has 6 N–H and O–H groups in total. The molecular weight excluding hydrogens is 699 g/mol. The first-order valence-corrected chi connectivity index (χ1v) is 19.1. The van der Waals surface area contributed by atoms with Crippen LogP contribution in [0.5, 0.6) is 0 Å². The van der Waals surface area contributed by atoms with Gasteiger partial charge in [-0.3, -0.25) is 4.79 Å². The van der Waals surface area contributed by atoms with Gasteiger partial charge in [-0.25, -0.2) is 13.2 Å². The normalized spacial score (nSPS) is 16.4. The van der Waals surface area contributed by atoms with Gasteiger partial charge < -0.3 is 36.4 Å². The van der Waals surface area contributed by atoms with Gasteiger partial charge in [0.1, 0.15) is 6.04 Å². The summed E-state index contributed by atoms with van der Waals surface area (Å²) in [6, 6.07) is 20.1. The number of hydrogen-bond donors (Lipinski definition) is 5. The van der Waals surface area contributed by atoms with Gasteiger partial charge in [-0.05, 0) is 53.1 Å². The van der Waals surface area contributed by atoms with Crippen molar-refractivity contribution in [1.82, 2.24) is 19.4 Å². The van der Waals surface area contributed by atoms with Crippen molar-refractivity contribution >= 4 is 34.0 Å². The number of oxime groups is 2. The minimum Gasteiger partial charge on any atom is -0.411 e. The molecule has 4 atom stereocenters. The maximum atomic E-state index is 14.3. The Morgan fingerprint density at radius 3 is 2.28 bits per heavy atom. The smallest absolute Gasteiger partial charge is 0.321 e. The molecule has 286 valence electrons. The zero-order valence-electron chi connectivity index (χ0n) is 30.6. The summed E-state index contributed by atoms with van der Waals surface area (Å²) in [5.74, 6) is -0.812. The molecule has 1 aliphatic heterocycles. The molecule has 0 saturated carbocycles. The van der Waals surface area contributed by atoms with E-state index < -0.39 is 34.1 Å². The number of sulfonamides is 1. The third-order valence-electron chi connectivity index (χ3n) is 9.39. The first kappa shape index (κ1) is 40.8. The van der Waals surface area contributed by atoms with Crippen molar-refractivity contribution < 1.29 is 33.5 Å². The maximum absolute atomic E-state index is 14.3. The number of aliphatic hydroxyl groups excluding tert-OH is 1. The molecule has 1 heterocycles. The van der Waals surface area contributed by atoms with Gasteiger partial charge >= 0.3 is 6.03 Å². The van der Waals surface area contributed by atoms with Gasteiger partial charge in [0.05, 0.1) is 23.3 Å². The molecule has 3 aromatic carbocycles. The third-order valence-corrected chi connectivity index (χ3v) is 11.2. The summed E-state index contributed by atoms with van der Waals surface area (Å²) in [6.07, 6.45) is 0.675. The van der Waals surface area contributed by atoms with E-state index in [1.165, 1.54) is 34.8 Å². The van der Waals surface area contributed by atoms with Crippen molar-refractivity contribution in [2.75, 3.05) is 26.2 Å². The van der Waals surface area contributed by atoms with Crippen molar-refractivity contribution in [3.8, 4) is 0 Å². The second kappa shape index (κ2) is 18.7. The largest absolute Gasteiger partial charge is 0.411 e. The van der Waals surface area contributed by atoms with Crippen LogP contribution in [0.15, 0.2) is 94.1 Å². The Labute approximate surface area is 311 Å². The molecule has 0 aromatic heterocycles. The monoisotopic (exact) mass is 749 g/mol. The third kappa shape index (κ3) is 10.6. The van der Waals surface area contributed by atoms with Crippen molar-refractivity contribution in [1.29, 1.82) is 0 Å². The molecule has 3 amide bonds. The van der Waals surface area contributed by atoms with Crippen molar-refractivity contribution in [3.05, 3.63) is 101 Å². The molecule has 0 bridgehead atoms. The van der Waals surface area contributed by atoms with Crippen LogP contribution >= 0.6 is 0 Å². The number of aliphatic hydroxyl groups is 1. The number of carbonyl (C=O) groups excluding carboxylic acids is 2. The van der Waals surface area contributed by atoms with Gasteiger partial charge in [-0.2, -0.15) is 4.31 Å². The molecule has 1 fully saturated rings. The van der Waals surface area contributed by atoms with E-state index in [1.807, 2.05) is 64.1 Å². The van der Waals surface area contributed by atoms with Crippen LogP contribution in [0.1, 0.15) is 56.4 Å². The van der Waals surface area contributed by atoms with E-state index in [0.29, 0.717) is 30.6 Å². The number of hydrogen-bond acceptors (Lipinski definition) is 9. The first-order valence-electron chi connectivity index (χ1n) is 17.7. The van der Waals surface area contributed by atoms with Crippen LogP contribution in [0.4, 0.5) is 4.79 Å². The lowest BCUT2D eigenvalue weighted by Crippen LogP contribution is -2.57. The number of amidine groups is 1. The lowest BCUT2D eigenvalue weighted by Gasteiger charge is -2.35. The summed E-state index contributed by atoms with van der Waals surface area (Å²) >= 11 is 0. The number of rotatable bonds is 18. The Hall–Kier alpha value is -4.99. The van der Waals surface area contributed by atoms with Crippen molar-refractivity contribution in [2.45, 2.75) is 70.2 Å². The highest BCUT2D eigenvalue weighted by molar-refractivity contribution is 7.89. The second-order valence-corrected chi connectivity index (χ2v) is 15.8. The summed E-state index contributed by atoms with van der Waals surface area (Å²) in [4.78, 5) is 31.4. The molecule has 1 aliphatic rings. The zero-order valence-corrected chi connectivity index (χ0v) is 31.4. The Balaban J connectivity index is 1.59. The lowest BCUT2D eigenvalue weighted by molar-refractivity contribution is -0.128. The number of nitrogens with two attached hydrogens (primary N) is 1. The van der Waals surface area contributed by atoms with E-state index in [-0.39, 0.29) is 54.7 Å². The molecule has 0 spiro atoms. The quantitative estimate of drug-likeness (QED) is 0.0561. The van der Waals surface area contributed by atoms with E-state index in [0.717, 1.165) is 11.1 Å². The number of carbonyl (C=O) groups is 2. The molecule has 1 saturated heterocycles. The highest BCUT2D eigenvalue weighted by Crippen LogP contribution is 2.24. The molecule has 3 aromatic rings. The number of benzene rings is 3. The summed E-state index contributed by atoms with van der Waals surface area (Å²) in [6.45, 7) is 8.34. The van der Waals surface area contributed by atoms with Crippen LogP contribution in [0.2, 0.25) is 0 Å². The van der Waals surface area contributed by atoms with Crippen LogP contribution in [0.3, 0.4) is 0 Å². The lowest BCUT2D eigenvalue weighted by atomic mass is 9.95. The predicted molar refractivity (Wildman–Crippen MR) is 202 cm³/mol. The van der Waals surface area contributed by atoms with E-state index in [1.54, 1.807) is 28.0 Å². The predicted octanol–water partition coefficient (Wildman–Crippen LogP) is 3.68.